The number of hydrogen-bond acceptors (Lipinski definition) is 5. The van der Waals surface area contributed by atoms with Gasteiger partial charge in [0, 0.05) is 28.1 Å². The largest absolute Gasteiger partial charge is 0.456 e. The fourth-order valence-corrected chi connectivity index (χ4v) is 7.37. The van der Waals surface area contributed by atoms with E-state index in [0.717, 1.165) is 78.3 Å². The average molecular weight is 670 g/mol. The van der Waals surface area contributed by atoms with Gasteiger partial charge in [0.2, 0.25) is 0 Å². The Morgan fingerprint density at radius 3 is 1.90 bits per heavy atom. The van der Waals surface area contributed by atoms with E-state index in [1.165, 1.54) is 17.2 Å². The molecule has 52 heavy (non-hydrogen) atoms. The fourth-order valence-electron chi connectivity index (χ4n) is 7.37. The van der Waals surface area contributed by atoms with Crippen molar-refractivity contribution in [2.45, 2.75) is 0 Å². The van der Waals surface area contributed by atoms with Crippen molar-refractivity contribution in [2.24, 2.45) is 0 Å². The Hall–Kier alpha value is -7.11. The van der Waals surface area contributed by atoms with Crippen LogP contribution in [0.25, 0.3) is 54.9 Å². The molecule has 0 bridgehead atoms. The van der Waals surface area contributed by atoms with Crippen LogP contribution in [0.1, 0.15) is 0 Å². The molecule has 0 spiro atoms. The first-order valence-corrected chi connectivity index (χ1v) is 17.4. The molecule has 0 aliphatic heterocycles. The number of rotatable bonds is 7. The molecular formula is C47H31N3O2. The first kappa shape index (κ1) is 29.8. The van der Waals surface area contributed by atoms with Gasteiger partial charge >= 0.3 is 0 Å². The smallest absolute Gasteiger partial charge is 0.182 e. The minimum absolute atomic E-state index is 0.737. The van der Waals surface area contributed by atoms with Gasteiger partial charge in [-0.2, -0.15) is 0 Å². The van der Waals surface area contributed by atoms with Gasteiger partial charge in [0.1, 0.15) is 16.7 Å². The van der Waals surface area contributed by atoms with E-state index in [0.29, 0.717) is 0 Å². The Morgan fingerprint density at radius 1 is 0.423 bits per heavy atom. The molecule has 0 saturated carbocycles. The first-order valence-electron chi connectivity index (χ1n) is 17.4. The van der Waals surface area contributed by atoms with Crippen molar-refractivity contribution in [2.75, 3.05) is 9.80 Å². The van der Waals surface area contributed by atoms with Gasteiger partial charge < -0.3 is 18.6 Å². The zero-order valence-corrected chi connectivity index (χ0v) is 28.1. The second kappa shape index (κ2) is 12.3. The first-order chi connectivity index (χ1) is 25.8. The van der Waals surface area contributed by atoms with E-state index in [1.807, 2.05) is 24.3 Å². The zero-order valence-electron chi connectivity index (χ0n) is 28.1. The summed E-state index contributed by atoms with van der Waals surface area (Å²) in [4.78, 5) is 9.00. The molecule has 0 aliphatic carbocycles. The Balaban J connectivity index is 1.11. The topological polar surface area (TPSA) is 45.7 Å². The summed E-state index contributed by atoms with van der Waals surface area (Å²) in [5.41, 5.74) is 11.6. The summed E-state index contributed by atoms with van der Waals surface area (Å²) in [5.74, 6) is 0. The van der Waals surface area contributed by atoms with Crippen molar-refractivity contribution in [3.63, 3.8) is 0 Å². The average Bonchev–Trinajstić information content (AvgIpc) is 3.85. The highest BCUT2D eigenvalue weighted by Gasteiger charge is 2.21. The van der Waals surface area contributed by atoms with Crippen molar-refractivity contribution >= 4 is 77.9 Å². The van der Waals surface area contributed by atoms with E-state index in [-0.39, 0.29) is 0 Å². The molecule has 5 nitrogen and oxygen atoms in total. The van der Waals surface area contributed by atoms with E-state index in [1.54, 1.807) is 0 Å². The molecule has 0 saturated heterocycles. The molecule has 2 aromatic heterocycles. The third kappa shape index (κ3) is 5.07. The Morgan fingerprint density at radius 2 is 1.08 bits per heavy atom. The van der Waals surface area contributed by atoms with E-state index in [4.69, 9.17) is 8.83 Å². The van der Waals surface area contributed by atoms with Crippen LogP contribution < -0.4 is 9.80 Å². The SMILES string of the molecule is c1ccc(N(c2ccccc2)c2cccc3oc4cc(-c5cccc(N(c6ccc7ccccc7c6)c6cccc7ncoc67)c5)ccc4c23)cc1. The summed E-state index contributed by atoms with van der Waals surface area (Å²) in [6, 6.07) is 63.5. The number of furan rings is 1. The lowest BCUT2D eigenvalue weighted by Crippen LogP contribution is -2.10. The monoisotopic (exact) mass is 669 g/mol. The molecule has 0 radical (unpaired) electrons. The standard InChI is InChI=1S/C47H31N3O2/c1-3-15-36(16-4-1)49(37-17-5-2-6-18-37)42-21-11-23-44-46(42)40-27-25-35(30-45(40)52-44)34-14-9-19-38(29-34)50(43-22-10-20-41-47(43)51-31-48-41)39-26-24-32-12-7-8-13-33(32)28-39/h1-31H. The summed E-state index contributed by atoms with van der Waals surface area (Å²) in [6.45, 7) is 0. The summed E-state index contributed by atoms with van der Waals surface area (Å²) in [7, 11) is 0. The maximum atomic E-state index is 6.62. The molecule has 8 aromatic carbocycles. The number of hydrogen-bond donors (Lipinski definition) is 0. The van der Waals surface area contributed by atoms with Crippen LogP contribution in [0.4, 0.5) is 34.1 Å². The quantitative estimate of drug-likeness (QED) is 0.169. The lowest BCUT2D eigenvalue weighted by molar-refractivity contribution is 0.602. The number of nitrogens with zero attached hydrogens (tertiary/aromatic N) is 3. The molecule has 0 aliphatic rings. The summed E-state index contributed by atoms with van der Waals surface area (Å²) in [6.07, 6.45) is 1.51. The predicted molar refractivity (Wildman–Crippen MR) is 214 cm³/mol. The van der Waals surface area contributed by atoms with Crippen molar-refractivity contribution in [3.05, 3.63) is 188 Å². The van der Waals surface area contributed by atoms with Gasteiger partial charge in [-0.15, -0.1) is 0 Å². The van der Waals surface area contributed by atoms with Gasteiger partial charge in [0.25, 0.3) is 0 Å². The molecule has 0 amide bonds. The fraction of sp³-hybridized carbons (Fsp3) is 0. The van der Waals surface area contributed by atoms with E-state index < -0.39 is 0 Å². The van der Waals surface area contributed by atoms with Crippen molar-refractivity contribution in [1.82, 2.24) is 4.98 Å². The second-order valence-corrected chi connectivity index (χ2v) is 12.9. The van der Waals surface area contributed by atoms with Crippen molar-refractivity contribution in [1.29, 1.82) is 0 Å². The Bertz CT molecular complexity index is 2840. The Labute approximate surface area is 300 Å². The molecule has 10 rings (SSSR count). The molecule has 246 valence electrons. The minimum Gasteiger partial charge on any atom is -0.456 e. The third-order valence-electron chi connectivity index (χ3n) is 9.75. The number of para-hydroxylation sites is 3. The maximum absolute atomic E-state index is 6.62. The number of oxazole rings is 1. The molecule has 10 aromatic rings. The van der Waals surface area contributed by atoms with Crippen LogP contribution in [-0.4, -0.2) is 4.98 Å². The minimum atomic E-state index is 0.737. The summed E-state index contributed by atoms with van der Waals surface area (Å²) >= 11 is 0. The van der Waals surface area contributed by atoms with Crippen LogP contribution in [0.2, 0.25) is 0 Å². The molecule has 5 heteroatoms. The van der Waals surface area contributed by atoms with Crippen LogP contribution in [-0.2, 0) is 0 Å². The van der Waals surface area contributed by atoms with Gasteiger partial charge in [0.15, 0.2) is 12.0 Å². The normalized spacial score (nSPS) is 11.5. The second-order valence-electron chi connectivity index (χ2n) is 12.9. The summed E-state index contributed by atoms with van der Waals surface area (Å²) in [5, 5.41) is 4.50. The van der Waals surface area contributed by atoms with Gasteiger partial charge in [-0.05, 0) is 107 Å². The molecule has 0 unspecified atom stereocenters. The molecule has 2 heterocycles. The highest BCUT2D eigenvalue weighted by molar-refractivity contribution is 6.14. The van der Waals surface area contributed by atoms with Crippen LogP contribution >= 0.6 is 0 Å². The zero-order chi connectivity index (χ0) is 34.4. The van der Waals surface area contributed by atoms with Gasteiger partial charge in [-0.25, -0.2) is 4.98 Å². The number of fused-ring (bicyclic) bond motifs is 5. The predicted octanol–water partition coefficient (Wildman–Crippen LogP) is 13.5. The number of anilines is 6. The van der Waals surface area contributed by atoms with Crippen molar-refractivity contribution in [3.8, 4) is 11.1 Å². The maximum Gasteiger partial charge on any atom is 0.182 e. The third-order valence-corrected chi connectivity index (χ3v) is 9.75. The highest BCUT2D eigenvalue weighted by Crippen LogP contribution is 2.44. The van der Waals surface area contributed by atoms with Gasteiger partial charge in [-0.1, -0.05) is 97.1 Å². The van der Waals surface area contributed by atoms with Gasteiger partial charge in [-0.3, -0.25) is 0 Å². The number of benzene rings is 8. The van der Waals surface area contributed by atoms with Crippen molar-refractivity contribution < 1.29 is 8.83 Å². The van der Waals surface area contributed by atoms with E-state index in [2.05, 4.69) is 173 Å². The lowest BCUT2D eigenvalue weighted by atomic mass is 10.0. The van der Waals surface area contributed by atoms with E-state index >= 15 is 0 Å². The number of aromatic nitrogens is 1. The highest BCUT2D eigenvalue weighted by atomic mass is 16.3. The molecule has 0 atom stereocenters. The van der Waals surface area contributed by atoms with Crippen LogP contribution in [0.5, 0.6) is 0 Å². The van der Waals surface area contributed by atoms with Crippen LogP contribution in [0, 0.1) is 0 Å². The van der Waals surface area contributed by atoms with Crippen LogP contribution in [0.3, 0.4) is 0 Å². The van der Waals surface area contributed by atoms with E-state index in [9.17, 15) is 0 Å². The molecule has 0 fully saturated rings. The Kier molecular flexibility index (Phi) is 7.07. The molecular weight excluding hydrogens is 639 g/mol. The molecule has 0 N–H and O–H groups in total. The summed E-state index contributed by atoms with van der Waals surface area (Å²) < 4.78 is 12.6. The lowest BCUT2D eigenvalue weighted by Gasteiger charge is -2.26. The van der Waals surface area contributed by atoms with Gasteiger partial charge in [0.05, 0.1) is 16.8 Å². The van der Waals surface area contributed by atoms with Crippen LogP contribution in [0.15, 0.2) is 197 Å².